The number of hydrogen-bond acceptors (Lipinski definition) is 2. The van der Waals surface area contributed by atoms with Crippen molar-refractivity contribution in [2.45, 2.75) is 66.5 Å². The van der Waals surface area contributed by atoms with E-state index in [1.807, 2.05) is 13.8 Å². The Morgan fingerprint density at radius 1 is 1.00 bits per heavy atom. The highest BCUT2D eigenvalue weighted by atomic mass is 19.4. The van der Waals surface area contributed by atoms with E-state index in [1.165, 1.54) is 6.92 Å². The fourth-order valence-corrected chi connectivity index (χ4v) is 1.91. The molecule has 0 heterocycles. The van der Waals surface area contributed by atoms with Gasteiger partial charge in [0, 0.05) is 16.9 Å². The molecule has 0 aliphatic carbocycles. The molecule has 0 bridgehead atoms. The normalized spacial score (nSPS) is 16.9. The van der Waals surface area contributed by atoms with Crippen molar-refractivity contribution < 1.29 is 23.1 Å². The second-order valence-corrected chi connectivity index (χ2v) is 5.87. The number of alkyl halides is 3. The smallest absolute Gasteiger partial charge is 0.390 e. The SMILES string of the molecule is CCC(C)(CC)C(=O)C=C(O)C(C)(CC)CC(F)(F)F. The van der Waals surface area contributed by atoms with Gasteiger partial charge in [0.25, 0.3) is 0 Å². The summed E-state index contributed by atoms with van der Waals surface area (Å²) in [7, 11) is 0. The van der Waals surface area contributed by atoms with Crippen molar-refractivity contribution >= 4 is 5.78 Å². The summed E-state index contributed by atoms with van der Waals surface area (Å²) in [4.78, 5) is 12.1. The zero-order valence-electron chi connectivity index (χ0n) is 12.9. The van der Waals surface area contributed by atoms with Gasteiger partial charge >= 0.3 is 6.18 Å². The van der Waals surface area contributed by atoms with Crippen molar-refractivity contribution in [3.63, 3.8) is 0 Å². The molecule has 0 aliphatic heterocycles. The molecule has 118 valence electrons. The number of ketones is 1. The Morgan fingerprint density at radius 2 is 1.40 bits per heavy atom. The lowest BCUT2D eigenvalue weighted by Crippen LogP contribution is -2.30. The highest BCUT2D eigenvalue weighted by molar-refractivity contribution is 5.94. The molecule has 5 heteroatoms. The Kier molecular flexibility index (Phi) is 6.30. The van der Waals surface area contributed by atoms with E-state index in [0.717, 1.165) is 6.08 Å². The lowest BCUT2D eigenvalue weighted by molar-refractivity contribution is -0.156. The van der Waals surface area contributed by atoms with Gasteiger partial charge in [-0.3, -0.25) is 4.79 Å². The van der Waals surface area contributed by atoms with Crippen molar-refractivity contribution in [3.05, 3.63) is 11.8 Å². The zero-order chi connectivity index (χ0) is 16.2. The van der Waals surface area contributed by atoms with Gasteiger partial charge in [-0.25, -0.2) is 0 Å². The highest BCUT2D eigenvalue weighted by Gasteiger charge is 2.41. The van der Waals surface area contributed by atoms with Gasteiger partial charge < -0.3 is 5.11 Å². The first-order valence-electron chi connectivity index (χ1n) is 6.96. The van der Waals surface area contributed by atoms with Crippen LogP contribution in [0.4, 0.5) is 13.2 Å². The van der Waals surface area contributed by atoms with E-state index in [1.54, 1.807) is 13.8 Å². The minimum absolute atomic E-state index is 0.108. The second kappa shape index (κ2) is 6.64. The van der Waals surface area contributed by atoms with Gasteiger partial charge in [-0.15, -0.1) is 0 Å². The van der Waals surface area contributed by atoms with Gasteiger partial charge in [-0.05, 0) is 19.3 Å². The van der Waals surface area contributed by atoms with Crippen LogP contribution in [-0.2, 0) is 4.79 Å². The summed E-state index contributed by atoms with van der Waals surface area (Å²) in [5.41, 5.74) is -2.09. The van der Waals surface area contributed by atoms with Crippen LogP contribution < -0.4 is 0 Å². The van der Waals surface area contributed by atoms with Gasteiger partial charge in [-0.1, -0.05) is 34.6 Å². The molecule has 1 N–H and O–H groups in total. The summed E-state index contributed by atoms with van der Waals surface area (Å²) < 4.78 is 37.7. The summed E-state index contributed by atoms with van der Waals surface area (Å²) in [6.45, 7) is 8.35. The summed E-state index contributed by atoms with van der Waals surface area (Å²) >= 11 is 0. The van der Waals surface area contributed by atoms with Crippen LogP contribution in [0.5, 0.6) is 0 Å². The molecule has 0 saturated heterocycles. The lowest BCUT2D eigenvalue weighted by atomic mass is 9.77. The first-order chi connectivity index (χ1) is 8.94. The maximum atomic E-state index is 12.6. The average Bonchev–Trinajstić information content (AvgIpc) is 2.35. The van der Waals surface area contributed by atoms with E-state index in [0.29, 0.717) is 12.8 Å². The number of hydrogen-bond donors (Lipinski definition) is 1. The predicted molar refractivity (Wildman–Crippen MR) is 73.5 cm³/mol. The molecule has 0 saturated carbocycles. The van der Waals surface area contributed by atoms with Crippen LogP contribution in [0.3, 0.4) is 0 Å². The molecule has 0 aliphatic rings. The molecule has 0 aromatic carbocycles. The molecule has 0 amide bonds. The summed E-state index contributed by atoms with van der Waals surface area (Å²) in [5, 5.41) is 10.00. The molecule has 0 spiro atoms. The van der Waals surface area contributed by atoms with Crippen molar-refractivity contribution in [1.29, 1.82) is 0 Å². The summed E-state index contributed by atoms with van der Waals surface area (Å²) in [5.74, 6) is -0.794. The topological polar surface area (TPSA) is 37.3 Å². The van der Waals surface area contributed by atoms with Gasteiger partial charge in [0.1, 0.15) is 5.76 Å². The van der Waals surface area contributed by atoms with E-state index in [-0.39, 0.29) is 12.2 Å². The van der Waals surface area contributed by atoms with Crippen molar-refractivity contribution in [1.82, 2.24) is 0 Å². The quantitative estimate of drug-likeness (QED) is 0.518. The summed E-state index contributed by atoms with van der Waals surface area (Å²) in [6, 6.07) is 0. The lowest BCUT2D eigenvalue weighted by Gasteiger charge is -2.30. The molecule has 2 nitrogen and oxygen atoms in total. The molecular weight excluding hydrogens is 269 g/mol. The fourth-order valence-electron chi connectivity index (χ4n) is 1.91. The molecule has 0 aromatic heterocycles. The third-order valence-corrected chi connectivity index (χ3v) is 4.41. The van der Waals surface area contributed by atoms with Crippen LogP contribution in [0.25, 0.3) is 0 Å². The van der Waals surface area contributed by atoms with Crippen LogP contribution in [0, 0.1) is 10.8 Å². The van der Waals surface area contributed by atoms with E-state index < -0.39 is 29.2 Å². The number of allylic oxidation sites excluding steroid dienone is 2. The minimum Gasteiger partial charge on any atom is -0.512 e. The molecule has 0 rings (SSSR count). The highest BCUT2D eigenvalue weighted by Crippen LogP contribution is 2.41. The number of aliphatic hydroxyl groups excluding tert-OH is 1. The largest absolute Gasteiger partial charge is 0.512 e. The number of carbonyl (C=O) groups is 1. The summed E-state index contributed by atoms with van der Waals surface area (Å²) in [6.07, 6.45) is -3.27. The maximum absolute atomic E-state index is 12.6. The Balaban J connectivity index is 5.34. The van der Waals surface area contributed by atoms with E-state index >= 15 is 0 Å². The number of halogens is 3. The molecular formula is C15H25F3O2. The van der Waals surface area contributed by atoms with Gasteiger partial charge in [0.15, 0.2) is 5.78 Å². The Morgan fingerprint density at radius 3 is 1.70 bits per heavy atom. The minimum atomic E-state index is -4.38. The zero-order valence-corrected chi connectivity index (χ0v) is 12.9. The Labute approximate surface area is 119 Å². The maximum Gasteiger partial charge on any atom is 0.390 e. The number of aliphatic hydroxyl groups is 1. The molecule has 1 atom stereocenters. The van der Waals surface area contributed by atoms with Crippen molar-refractivity contribution in [2.75, 3.05) is 0 Å². The first-order valence-corrected chi connectivity index (χ1v) is 6.96. The van der Waals surface area contributed by atoms with Crippen molar-refractivity contribution in [3.8, 4) is 0 Å². The fraction of sp³-hybridized carbons (Fsp3) is 0.800. The van der Waals surface area contributed by atoms with Crippen LogP contribution in [0.15, 0.2) is 11.8 Å². The van der Waals surface area contributed by atoms with Gasteiger partial charge in [-0.2, -0.15) is 13.2 Å². The van der Waals surface area contributed by atoms with E-state index in [2.05, 4.69) is 0 Å². The molecule has 0 fully saturated rings. The molecule has 0 aromatic rings. The molecule has 20 heavy (non-hydrogen) atoms. The molecule has 1 unspecified atom stereocenters. The average molecular weight is 294 g/mol. The first kappa shape index (κ1) is 19.0. The van der Waals surface area contributed by atoms with Gasteiger partial charge in [0.05, 0.1) is 6.42 Å². The molecule has 0 radical (unpaired) electrons. The standard InChI is InChI=1S/C15H25F3O2/c1-6-13(4,7-2)11(19)9-12(20)14(5,8-3)10-15(16,17)18/h9,20H,6-8,10H2,1-5H3. The van der Waals surface area contributed by atoms with E-state index in [9.17, 15) is 23.1 Å². The van der Waals surface area contributed by atoms with Crippen LogP contribution >= 0.6 is 0 Å². The van der Waals surface area contributed by atoms with Gasteiger partial charge in [0.2, 0.25) is 0 Å². The Hall–Kier alpha value is -1.00. The Bertz CT molecular complexity index is 368. The van der Waals surface area contributed by atoms with Crippen molar-refractivity contribution in [2.24, 2.45) is 10.8 Å². The number of rotatable bonds is 7. The van der Waals surface area contributed by atoms with Crippen LogP contribution in [0.1, 0.15) is 60.3 Å². The monoisotopic (exact) mass is 294 g/mol. The number of carbonyl (C=O) groups excluding carboxylic acids is 1. The second-order valence-electron chi connectivity index (χ2n) is 5.87. The predicted octanol–water partition coefficient (Wildman–Crippen LogP) is 5.19. The van der Waals surface area contributed by atoms with Crippen LogP contribution in [-0.4, -0.2) is 17.1 Å². The van der Waals surface area contributed by atoms with Crippen LogP contribution in [0.2, 0.25) is 0 Å². The third-order valence-electron chi connectivity index (χ3n) is 4.41. The van der Waals surface area contributed by atoms with E-state index in [4.69, 9.17) is 0 Å². The third kappa shape index (κ3) is 4.84.